The summed E-state index contributed by atoms with van der Waals surface area (Å²) < 4.78 is 4.31. The molecule has 0 aromatic heterocycles. The molecule has 0 saturated heterocycles. The van der Waals surface area contributed by atoms with E-state index in [9.17, 15) is 4.79 Å². The molecule has 0 aromatic carbocycles. The number of hydrogen-bond acceptors (Lipinski definition) is 3. The number of carbonyl (C=O) groups is 1. The van der Waals surface area contributed by atoms with Gasteiger partial charge < -0.3 is 15.6 Å². The summed E-state index contributed by atoms with van der Waals surface area (Å²) in [7, 11) is 1.27. The number of aliphatic hydroxyl groups excluding tert-OH is 1. The van der Waals surface area contributed by atoms with E-state index in [-0.39, 0.29) is 0 Å². The summed E-state index contributed by atoms with van der Waals surface area (Å²) in [5.41, 5.74) is 3.38. The minimum Gasteiger partial charge on any atom is -0.465 e. The quantitative estimate of drug-likeness (QED) is 0.435. The van der Waals surface area contributed by atoms with E-state index in [0.29, 0.717) is 0 Å². The number of carbonyl (C=O) groups excluding carboxylic acids is 1. The summed E-state index contributed by atoms with van der Waals surface area (Å²) in [6.07, 6.45) is -0.738. The Morgan fingerprint density at radius 3 is 2.33 bits per heavy atom. The molecule has 2 atom stereocenters. The van der Waals surface area contributed by atoms with E-state index in [1.165, 1.54) is 14.0 Å². The van der Waals surface area contributed by atoms with Crippen LogP contribution in [0.1, 0.15) is 6.92 Å². The monoisotopic (exact) mass is 134 g/mol. The predicted octanol–water partition coefficient (Wildman–Crippen LogP) is -1.85. The number of hydrogen-bond donors (Lipinski definition) is 2. The second-order valence-electron chi connectivity index (χ2n) is 1.87. The first-order valence-electron chi connectivity index (χ1n) is 2.68. The van der Waals surface area contributed by atoms with Gasteiger partial charge in [0.15, 0.2) is 0 Å². The number of rotatable bonds is 2. The van der Waals surface area contributed by atoms with Crippen molar-refractivity contribution >= 4 is 5.97 Å². The number of methoxy groups -OCH3 is 1. The van der Waals surface area contributed by atoms with Crippen molar-refractivity contribution in [3.05, 3.63) is 0 Å². The Hall–Kier alpha value is -0.610. The zero-order valence-corrected chi connectivity index (χ0v) is 5.63. The Morgan fingerprint density at radius 2 is 2.22 bits per heavy atom. The van der Waals surface area contributed by atoms with Crippen LogP contribution in [0.4, 0.5) is 0 Å². The van der Waals surface area contributed by atoms with Crippen LogP contribution in [0.15, 0.2) is 0 Å². The number of quaternary nitrogens is 1. The molecular weight excluding hydrogens is 122 g/mol. The Labute approximate surface area is 53.6 Å². The van der Waals surface area contributed by atoms with Gasteiger partial charge >= 0.3 is 5.97 Å². The first kappa shape index (κ1) is 8.39. The lowest BCUT2D eigenvalue weighted by atomic mass is 10.2. The van der Waals surface area contributed by atoms with Crippen LogP contribution >= 0.6 is 0 Å². The third-order valence-corrected chi connectivity index (χ3v) is 1.09. The van der Waals surface area contributed by atoms with Crippen molar-refractivity contribution in [1.29, 1.82) is 0 Å². The van der Waals surface area contributed by atoms with Gasteiger partial charge in [-0.05, 0) is 6.92 Å². The van der Waals surface area contributed by atoms with Crippen molar-refractivity contribution in [3.63, 3.8) is 0 Å². The van der Waals surface area contributed by atoms with E-state index in [4.69, 9.17) is 5.11 Å². The number of aliphatic hydroxyl groups is 1. The highest BCUT2D eigenvalue weighted by molar-refractivity contribution is 5.74. The van der Waals surface area contributed by atoms with Crippen LogP contribution in [0.2, 0.25) is 0 Å². The van der Waals surface area contributed by atoms with Crippen LogP contribution in [0.5, 0.6) is 0 Å². The zero-order chi connectivity index (χ0) is 7.44. The molecule has 0 spiro atoms. The van der Waals surface area contributed by atoms with Gasteiger partial charge in [-0.25, -0.2) is 4.79 Å². The molecule has 0 rings (SSSR count). The zero-order valence-electron chi connectivity index (χ0n) is 5.63. The lowest BCUT2D eigenvalue weighted by molar-refractivity contribution is -0.423. The Balaban J connectivity index is 3.72. The lowest BCUT2D eigenvalue weighted by Crippen LogP contribution is -2.69. The second-order valence-corrected chi connectivity index (χ2v) is 1.87. The van der Waals surface area contributed by atoms with Crippen LogP contribution < -0.4 is 5.73 Å². The maximum Gasteiger partial charge on any atom is 0.367 e. The molecule has 0 aliphatic carbocycles. The van der Waals surface area contributed by atoms with Gasteiger partial charge in [-0.1, -0.05) is 0 Å². The fourth-order valence-electron chi connectivity index (χ4n) is 0.348. The molecule has 0 saturated carbocycles. The molecule has 0 fully saturated rings. The summed E-state index contributed by atoms with van der Waals surface area (Å²) in [6, 6.07) is -0.671. The molecule has 4 nitrogen and oxygen atoms in total. The Kier molecular flexibility index (Phi) is 3.19. The molecule has 0 heterocycles. The van der Waals surface area contributed by atoms with Gasteiger partial charge in [0.1, 0.15) is 6.10 Å². The van der Waals surface area contributed by atoms with Gasteiger partial charge in [0.25, 0.3) is 0 Å². The van der Waals surface area contributed by atoms with Crippen LogP contribution in [0.3, 0.4) is 0 Å². The van der Waals surface area contributed by atoms with E-state index in [1.54, 1.807) is 0 Å². The second kappa shape index (κ2) is 3.42. The van der Waals surface area contributed by atoms with E-state index >= 15 is 0 Å². The van der Waals surface area contributed by atoms with E-state index in [1.807, 2.05) is 0 Å². The van der Waals surface area contributed by atoms with Crippen LogP contribution in [0, 0.1) is 0 Å². The van der Waals surface area contributed by atoms with E-state index in [2.05, 4.69) is 10.5 Å². The van der Waals surface area contributed by atoms with Crippen LogP contribution in [-0.2, 0) is 9.53 Å². The van der Waals surface area contributed by atoms with Gasteiger partial charge in [0.05, 0.1) is 7.11 Å². The van der Waals surface area contributed by atoms with E-state index in [0.717, 1.165) is 0 Å². The number of ether oxygens (including phenoxy) is 1. The normalized spacial score (nSPS) is 16.4. The third-order valence-electron chi connectivity index (χ3n) is 1.09. The average molecular weight is 134 g/mol. The standard InChI is InChI=1S/C5H11NO3/c1-3(7)4(6)5(8)9-2/h3-4,7H,6H2,1-2H3/p+1/t3-,4+/m0/s1. The summed E-state index contributed by atoms with van der Waals surface area (Å²) in [6.45, 7) is 1.49. The van der Waals surface area contributed by atoms with Crippen molar-refractivity contribution in [2.24, 2.45) is 0 Å². The van der Waals surface area contributed by atoms with Crippen LogP contribution in [0.25, 0.3) is 0 Å². The third kappa shape index (κ3) is 2.43. The summed E-state index contributed by atoms with van der Waals surface area (Å²) in [4.78, 5) is 10.5. The molecule has 0 amide bonds. The number of esters is 1. The summed E-state index contributed by atoms with van der Waals surface area (Å²) in [5, 5.41) is 8.76. The predicted molar refractivity (Wildman–Crippen MR) is 30.4 cm³/mol. The summed E-state index contributed by atoms with van der Waals surface area (Å²) >= 11 is 0. The van der Waals surface area contributed by atoms with Crippen molar-refractivity contribution < 1.29 is 20.4 Å². The molecule has 0 unspecified atom stereocenters. The maximum absolute atomic E-state index is 10.5. The Bertz CT molecular complexity index is 102. The fourth-order valence-corrected chi connectivity index (χ4v) is 0.348. The van der Waals surface area contributed by atoms with Crippen molar-refractivity contribution in [2.45, 2.75) is 19.1 Å². The molecule has 0 aliphatic heterocycles. The molecule has 9 heavy (non-hydrogen) atoms. The fraction of sp³-hybridized carbons (Fsp3) is 0.800. The molecule has 0 bridgehead atoms. The first-order chi connectivity index (χ1) is 4.09. The van der Waals surface area contributed by atoms with Gasteiger partial charge in [-0.15, -0.1) is 0 Å². The molecule has 0 aromatic rings. The first-order valence-corrected chi connectivity index (χ1v) is 2.68. The van der Waals surface area contributed by atoms with Crippen molar-refractivity contribution in [2.75, 3.05) is 7.11 Å². The highest BCUT2D eigenvalue weighted by Crippen LogP contribution is 1.87. The molecule has 0 radical (unpaired) electrons. The topological polar surface area (TPSA) is 74.2 Å². The largest absolute Gasteiger partial charge is 0.465 e. The van der Waals surface area contributed by atoms with Gasteiger partial charge in [0.2, 0.25) is 6.04 Å². The molecule has 4 N–H and O–H groups in total. The maximum atomic E-state index is 10.5. The van der Waals surface area contributed by atoms with Gasteiger partial charge in [0, 0.05) is 0 Å². The van der Waals surface area contributed by atoms with Gasteiger partial charge in [-0.2, -0.15) is 0 Å². The minimum atomic E-state index is -0.738. The van der Waals surface area contributed by atoms with E-state index < -0.39 is 18.1 Å². The Morgan fingerprint density at radius 1 is 1.78 bits per heavy atom. The minimum absolute atomic E-state index is 0.481. The average Bonchev–Trinajstić information content (AvgIpc) is 1.84. The molecule has 0 aliphatic rings. The SMILES string of the molecule is COC(=O)[C@H]([NH3+])[C@H](C)O. The molecule has 4 heteroatoms. The van der Waals surface area contributed by atoms with Crippen molar-refractivity contribution in [1.82, 2.24) is 0 Å². The summed E-state index contributed by atoms with van der Waals surface area (Å²) in [5.74, 6) is -0.481. The molecule has 54 valence electrons. The highest BCUT2D eigenvalue weighted by Gasteiger charge is 2.22. The van der Waals surface area contributed by atoms with Gasteiger partial charge in [-0.3, -0.25) is 0 Å². The van der Waals surface area contributed by atoms with Crippen LogP contribution in [-0.4, -0.2) is 30.3 Å². The smallest absolute Gasteiger partial charge is 0.367 e. The van der Waals surface area contributed by atoms with Crippen molar-refractivity contribution in [3.8, 4) is 0 Å². The molecular formula is C5H12NO3+. The lowest BCUT2D eigenvalue weighted by Gasteiger charge is -2.07. The highest BCUT2D eigenvalue weighted by atomic mass is 16.5.